The lowest BCUT2D eigenvalue weighted by molar-refractivity contribution is 0.0689. The van der Waals surface area contributed by atoms with E-state index >= 15 is 0 Å². The summed E-state index contributed by atoms with van der Waals surface area (Å²) in [6.07, 6.45) is 1.38. The van der Waals surface area contributed by atoms with Crippen LogP contribution in [0.2, 0.25) is 5.02 Å². The number of para-hydroxylation sites is 2. The van der Waals surface area contributed by atoms with E-state index in [9.17, 15) is 14.4 Å². The molecule has 11 heteroatoms. The number of aromatic amines is 1. The molecule has 5 rings (SSSR count). The van der Waals surface area contributed by atoms with Gasteiger partial charge >= 0.3 is 11.7 Å². The van der Waals surface area contributed by atoms with Crippen molar-refractivity contribution < 1.29 is 9.59 Å². The molecule has 9 nitrogen and oxygen atoms in total. The van der Waals surface area contributed by atoms with Gasteiger partial charge in [0.15, 0.2) is 0 Å². The molecule has 3 amide bonds. The van der Waals surface area contributed by atoms with Crippen molar-refractivity contribution in [2.75, 3.05) is 18.4 Å². The zero-order valence-corrected chi connectivity index (χ0v) is 22.8. The molecule has 0 bridgehead atoms. The third-order valence-corrected chi connectivity index (χ3v) is 7.85. The van der Waals surface area contributed by atoms with Crippen LogP contribution in [0.3, 0.4) is 0 Å². The fraction of sp³-hybridized carbons (Fsp3) is 0.333. The smallest absolute Gasteiger partial charge is 0.326 e. The van der Waals surface area contributed by atoms with Gasteiger partial charge in [-0.05, 0) is 57.0 Å². The van der Waals surface area contributed by atoms with Gasteiger partial charge in [0.25, 0.3) is 5.91 Å². The number of thiazole rings is 1. The predicted molar refractivity (Wildman–Crippen MR) is 150 cm³/mol. The number of imidazole rings is 1. The number of fused-ring (bicyclic) bond motifs is 1. The molecule has 2 N–H and O–H groups in total. The minimum absolute atomic E-state index is 0.0336. The molecule has 4 aromatic rings. The van der Waals surface area contributed by atoms with Gasteiger partial charge in [-0.2, -0.15) is 0 Å². The number of hydrogen-bond acceptors (Lipinski definition) is 5. The van der Waals surface area contributed by atoms with Gasteiger partial charge in [0, 0.05) is 41.3 Å². The second-order valence-electron chi connectivity index (χ2n) is 9.63. The summed E-state index contributed by atoms with van der Waals surface area (Å²) in [6.45, 7) is 5.24. The molecule has 2 aromatic heterocycles. The van der Waals surface area contributed by atoms with Crippen molar-refractivity contribution in [3.05, 3.63) is 80.1 Å². The maximum Gasteiger partial charge on any atom is 0.326 e. The summed E-state index contributed by atoms with van der Waals surface area (Å²) in [5, 5.41) is 5.85. The van der Waals surface area contributed by atoms with E-state index < -0.39 is 0 Å². The van der Waals surface area contributed by atoms with E-state index in [4.69, 9.17) is 11.6 Å². The number of carbonyl (C=O) groups is 2. The Morgan fingerprint density at radius 3 is 2.68 bits per heavy atom. The second kappa shape index (κ2) is 11.0. The third-order valence-electron chi connectivity index (χ3n) is 6.78. The Balaban J connectivity index is 1.21. The lowest BCUT2D eigenvalue weighted by Crippen LogP contribution is -2.41. The van der Waals surface area contributed by atoms with E-state index in [1.807, 2.05) is 42.7 Å². The zero-order valence-electron chi connectivity index (χ0n) is 21.2. The van der Waals surface area contributed by atoms with Crippen LogP contribution in [-0.4, -0.2) is 55.4 Å². The monoisotopic (exact) mass is 552 g/mol. The molecule has 1 aliphatic heterocycles. The van der Waals surface area contributed by atoms with Gasteiger partial charge in [-0.15, -0.1) is 11.3 Å². The lowest BCUT2D eigenvalue weighted by Gasteiger charge is -2.32. The number of H-pyrrole nitrogens is 1. The average molecular weight is 553 g/mol. The minimum Gasteiger partial charge on any atom is -0.337 e. The first-order valence-corrected chi connectivity index (χ1v) is 13.8. The number of nitrogens with zero attached hydrogens (tertiary/aromatic N) is 4. The number of urea groups is 1. The second-order valence-corrected chi connectivity index (χ2v) is 11.0. The van der Waals surface area contributed by atoms with E-state index in [2.05, 4.69) is 15.3 Å². The molecule has 3 heterocycles. The normalized spacial score (nSPS) is 14.3. The molecular weight excluding hydrogens is 524 g/mol. The van der Waals surface area contributed by atoms with Crippen molar-refractivity contribution in [2.24, 2.45) is 0 Å². The quantitative estimate of drug-likeness (QED) is 0.336. The molecule has 0 aliphatic carbocycles. The molecule has 0 spiro atoms. The van der Waals surface area contributed by atoms with Crippen LogP contribution in [0.1, 0.15) is 48.2 Å². The Hall–Kier alpha value is -3.63. The van der Waals surface area contributed by atoms with E-state index in [-0.39, 0.29) is 36.3 Å². The molecule has 1 saturated heterocycles. The molecule has 0 saturated carbocycles. The zero-order chi connectivity index (χ0) is 26.8. The number of rotatable bonds is 6. The van der Waals surface area contributed by atoms with Gasteiger partial charge in [0.05, 0.1) is 17.6 Å². The summed E-state index contributed by atoms with van der Waals surface area (Å²) in [5.41, 5.74) is 2.59. The fourth-order valence-corrected chi connectivity index (χ4v) is 5.76. The van der Waals surface area contributed by atoms with Gasteiger partial charge in [-0.25, -0.2) is 14.6 Å². The Labute approximate surface area is 229 Å². The highest BCUT2D eigenvalue weighted by Crippen LogP contribution is 2.26. The highest BCUT2D eigenvalue weighted by Gasteiger charge is 2.28. The summed E-state index contributed by atoms with van der Waals surface area (Å²) in [6, 6.07) is 14.3. The van der Waals surface area contributed by atoms with E-state index in [1.165, 1.54) is 11.3 Å². The molecular formula is C27H29ClN6O3S. The lowest BCUT2D eigenvalue weighted by atomic mass is 10.0. The summed E-state index contributed by atoms with van der Waals surface area (Å²) in [4.78, 5) is 49.6. The number of amides is 3. The van der Waals surface area contributed by atoms with Crippen molar-refractivity contribution in [3.63, 3.8) is 0 Å². The number of hydrogen-bond donors (Lipinski definition) is 2. The van der Waals surface area contributed by atoms with Crippen LogP contribution in [0.25, 0.3) is 11.0 Å². The van der Waals surface area contributed by atoms with Crippen molar-refractivity contribution in [1.29, 1.82) is 0 Å². The first-order chi connectivity index (χ1) is 18.3. The van der Waals surface area contributed by atoms with Gasteiger partial charge < -0.3 is 20.1 Å². The molecule has 1 fully saturated rings. The first-order valence-electron chi connectivity index (χ1n) is 12.6. The van der Waals surface area contributed by atoms with Gasteiger partial charge in [0.1, 0.15) is 10.7 Å². The van der Waals surface area contributed by atoms with E-state index in [1.54, 1.807) is 39.4 Å². The number of likely N-dealkylation sites (tertiary alicyclic amines) is 1. The Morgan fingerprint density at radius 1 is 1.18 bits per heavy atom. The van der Waals surface area contributed by atoms with Crippen LogP contribution in [0.15, 0.2) is 58.7 Å². The van der Waals surface area contributed by atoms with Crippen molar-refractivity contribution in [3.8, 4) is 0 Å². The molecule has 1 aliphatic rings. The number of benzene rings is 2. The molecule has 0 atom stereocenters. The highest BCUT2D eigenvalue weighted by molar-refractivity contribution is 7.09. The summed E-state index contributed by atoms with van der Waals surface area (Å²) >= 11 is 7.40. The average Bonchev–Trinajstić information content (AvgIpc) is 3.50. The largest absolute Gasteiger partial charge is 0.337 e. The summed E-state index contributed by atoms with van der Waals surface area (Å²) < 4.78 is 1.81. The van der Waals surface area contributed by atoms with Crippen LogP contribution in [-0.2, 0) is 6.54 Å². The predicted octanol–water partition coefficient (Wildman–Crippen LogP) is 5.36. The molecule has 198 valence electrons. The van der Waals surface area contributed by atoms with Crippen molar-refractivity contribution in [1.82, 2.24) is 24.3 Å². The fourth-order valence-electron chi connectivity index (χ4n) is 4.80. The van der Waals surface area contributed by atoms with Crippen LogP contribution in [0.5, 0.6) is 0 Å². The minimum atomic E-state index is -0.264. The number of nitrogens with one attached hydrogen (secondary N) is 2. The van der Waals surface area contributed by atoms with E-state index in [0.29, 0.717) is 47.3 Å². The number of anilines is 1. The third kappa shape index (κ3) is 5.46. The maximum absolute atomic E-state index is 13.2. The summed E-state index contributed by atoms with van der Waals surface area (Å²) in [7, 11) is 0. The standard InChI is InChI=1S/C27H29ClN6O3S/c1-17(2)33(26(36)29-19-7-5-6-18(28)14-19)15-24-30-22(16-38-24)25(35)32-12-10-20(11-13-32)34-23-9-4-3-8-21(23)31-27(34)37/h3-9,14,16-17,20H,10-13,15H2,1-2H3,(H,29,36)(H,31,37). The van der Waals surface area contributed by atoms with Gasteiger partial charge in [-0.1, -0.05) is 29.8 Å². The Morgan fingerprint density at radius 2 is 1.95 bits per heavy atom. The van der Waals surface area contributed by atoms with E-state index in [0.717, 1.165) is 11.0 Å². The van der Waals surface area contributed by atoms with Crippen LogP contribution < -0.4 is 11.0 Å². The SMILES string of the molecule is CC(C)N(Cc1nc(C(=O)N2CCC(n3c(=O)[nH]c4ccccc43)CC2)cs1)C(=O)Nc1cccc(Cl)c1. The number of halogens is 1. The van der Waals surface area contributed by atoms with Gasteiger partial charge in [-0.3, -0.25) is 9.36 Å². The highest BCUT2D eigenvalue weighted by atomic mass is 35.5. The Bertz CT molecular complexity index is 1520. The molecule has 38 heavy (non-hydrogen) atoms. The maximum atomic E-state index is 13.2. The molecule has 0 radical (unpaired) electrons. The molecule has 2 aromatic carbocycles. The molecule has 0 unspecified atom stereocenters. The van der Waals surface area contributed by atoms with Crippen molar-refractivity contribution >= 4 is 51.6 Å². The van der Waals surface area contributed by atoms with Crippen LogP contribution in [0.4, 0.5) is 10.5 Å². The topological polar surface area (TPSA) is 103 Å². The number of carbonyl (C=O) groups excluding carboxylic acids is 2. The first kappa shape index (κ1) is 26.0. The van der Waals surface area contributed by atoms with Crippen LogP contribution in [0, 0.1) is 0 Å². The summed E-state index contributed by atoms with van der Waals surface area (Å²) in [5.74, 6) is -0.128. The Kier molecular flexibility index (Phi) is 7.53. The van der Waals surface area contributed by atoms with Crippen molar-refractivity contribution in [2.45, 2.75) is 45.3 Å². The van der Waals surface area contributed by atoms with Gasteiger partial charge in [0.2, 0.25) is 0 Å². The van der Waals surface area contributed by atoms with Crippen LogP contribution >= 0.6 is 22.9 Å². The number of aromatic nitrogens is 3. The number of piperidine rings is 1.